The molecule has 7 rings (SSSR count). The van der Waals surface area contributed by atoms with Gasteiger partial charge in [-0.1, -0.05) is 18.2 Å². The Morgan fingerprint density at radius 3 is 2.85 bits per heavy atom. The summed E-state index contributed by atoms with van der Waals surface area (Å²) in [6.45, 7) is 1.91. The summed E-state index contributed by atoms with van der Waals surface area (Å²) in [4.78, 5) is 47.5. The SMILES string of the molecule is Cc1nc2cc(CNC(=O)c3cc(C(=O)N[C@H]4CCc5cc(-c6nn[nH]n6)ccc54)nc4n[nH]c(=O)n34)ccc2o1. The molecule has 4 N–H and O–H groups in total. The fourth-order valence-corrected chi connectivity index (χ4v) is 5.09. The van der Waals surface area contributed by atoms with Crippen LogP contribution in [0.4, 0.5) is 0 Å². The average Bonchev–Trinajstić information content (AvgIpc) is 3.78. The quantitative estimate of drug-likeness (QED) is 0.234. The molecule has 0 aliphatic heterocycles. The summed E-state index contributed by atoms with van der Waals surface area (Å²) in [6, 6.07) is 12.2. The number of hydrogen-bond donors (Lipinski definition) is 4. The zero-order chi connectivity index (χ0) is 28.1. The van der Waals surface area contributed by atoms with Crippen molar-refractivity contribution < 1.29 is 14.0 Å². The zero-order valence-electron chi connectivity index (χ0n) is 21.5. The van der Waals surface area contributed by atoms with E-state index in [2.05, 4.69) is 51.4 Å². The largest absolute Gasteiger partial charge is 0.441 e. The summed E-state index contributed by atoms with van der Waals surface area (Å²) in [6.07, 6.45) is 1.43. The van der Waals surface area contributed by atoms with Crippen LogP contribution in [-0.2, 0) is 13.0 Å². The molecular weight excluding hydrogens is 530 g/mol. The van der Waals surface area contributed by atoms with Gasteiger partial charge in [0.05, 0.1) is 6.04 Å². The van der Waals surface area contributed by atoms with Gasteiger partial charge in [0.15, 0.2) is 11.5 Å². The minimum Gasteiger partial charge on any atom is -0.441 e. The third-order valence-corrected chi connectivity index (χ3v) is 7.00. The third kappa shape index (κ3) is 4.38. The molecular formula is C26H21N11O4. The number of rotatable bonds is 6. The topological polar surface area (TPSA) is 202 Å². The molecule has 15 nitrogen and oxygen atoms in total. The van der Waals surface area contributed by atoms with E-state index in [0.29, 0.717) is 29.2 Å². The second-order valence-electron chi connectivity index (χ2n) is 9.62. The Labute approximate surface area is 229 Å². The maximum absolute atomic E-state index is 13.3. The van der Waals surface area contributed by atoms with Crippen molar-refractivity contribution in [3.05, 3.63) is 86.9 Å². The van der Waals surface area contributed by atoms with E-state index in [9.17, 15) is 14.4 Å². The highest BCUT2D eigenvalue weighted by atomic mass is 16.3. The zero-order valence-corrected chi connectivity index (χ0v) is 21.5. The molecule has 204 valence electrons. The Balaban J connectivity index is 1.12. The number of carbonyl (C=O) groups excluding carboxylic acids is 2. The van der Waals surface area contributed by atoms with E-state index in [0.717, 1.165) is 33.1 Å². The lowest BCUT2D eigenvalue weighted by Gasteiger charge is -2.15. The van der Waals surface area contributed by atoms with Gasteiger partial charge in [-0.05, 0) is 59.0 Å². The first-order valence-corrected chi connectivity index (χ1v) is 12.7. The van der Waals surface area contributed by atoms with E-state index in [1.165, 1.54) is 6.07 Å². The van der Waals surface area contributed by atoms with Crippen LogP contribution in [0.1, 0.15) is 56.0 Å². The Bertz CT molecular complexity index is 2020. The molecule has 0 spiro atoms. The molecule has 1 aliphatic rings. The van der Waals surface area contributed by atoms with Crippen molar-refractivity contribution in [3.8, 4) is 11.4 Å². The molecule has 0 bridgehead atoms. The summed E-state index contributed by atoms with van der Waals surface area (Å²) in [5.41, 5.74) is 4.20. The van der Waals surface area contributed by atoms with E-state index in [-0.39, 0.29) is 29.8 Å². The number of carbonyl (C=O) groups is 2. The number of H-pyrrole nitrogens is 2. The predicted molar refractivity (Wildman–Crippen MR) is 142 cm³/mol. The van der Waals surface area contributed by atoms with Crippen LogP contribution in [0.2, 0.25) is 0 Å². The maximum atomic E-state index is 13.3. The third-order valence-electron chi connectivity index (χ3n) is 7.00. The van der Waals surface area contributed by atoms with E-state index in [4.69, 9.17) is 4.42 Å². The number of aryl methyl sites for hydroxylation is 2. The van der Waals surface area contributed by atoms with Gasteiger partial charge in [-0.2, -0.15) is 5.21 Å². The van der Waals surface area contributed by atoms with Crippen molar-refractivity contribution in [1.29, 1.82) is 0 Å². The predicted octanol–water partition coefficient (Wildman–Crippen LogP) is 1.39. The Kier molecular flexibility index (Phi) is 5.62. The molecule has 1 aliphatic carbocycles. The standard InChI is InChI=1S/C26H21N11O4/c1-12-28-18-8-13(2-7-21(18)41-12)11-27-24(39)20-10-19(30-25-33-34-26(40)37(20)25)23(38)29-17-6-4-14-9-15(3-5-16(14)17)22-31-35-36-32-22/h2-3,5,7-10,17H,4,6,11H2,1H3,(H,27,39)(H,29,38)(H,34,40)(H,31,32,35,36)/t17-/m0/s1. The van der Waals surface area contributed by atoms with Crippen LogP contribution >= 0.6 is 0 Å². The van der Waals surface area contributed by atoms with Crippen molar-refractivity contribution >= 4 is 28.7 Å². The fourth-order valence-electron chi connectivity index (χ4n) is 5.09. The van der Waals surface area contributed by atoms with Crippen LogP contribution in [0, 0.1) is 6.92 Å². The number of nitrogens with zero attached hydrogens (tertiary/aromatic N) is 7. The second kappa shape index (κ2) is 9.48. The number of oxazole rings is 1. The normalized spacial score (nSPS) is 14.4. The molecule has 4 heterocycles. The summed E-state index contributed by atoms with van der Waals surface area (Å²) in [5, 5.41) is 26.0. The van der Waals surface area contributed by atoms with E-state index >= 15 is 0 Å². The van der Waals surface area contributed by atoms with E-state index in [1.807, 2.05) is 30.3 Å². The van der Waals surface area contributed by atoms with Crippen LogP contribution in [0.3, 0.4) is 0 Å². The van der Waals surface area contributed by atoms with Gasteiger partial charge in [0, 0.05) is 19.0 Å². The summed E-state index contributed by atoms with van der Waals surface area (Å²) in [7, 11) is 0. The lowest BCUT2D eigenvalue weighted by Crippen LogP contribution is -2.31. The molecule has 0 saturated heterocycles. The van der Waals surface area contributed by atoms with Crippen molar-refractivity contribution in [1.82, 2.24) is 55.8 Å². The number of hydrogen-bond acceptors (Lipinski definition) is 10. The van der Waals surface area contributed by atoms with Crippen molar-refractivity contribution in [2.45, 2.75) is 32.4 Å². The lowest BCUT2D eigenvalue weighted by atomic mass is 10.0. The maximum Gasteiger partial charge on any atom is 0.349 e. The van der Waals surface area contributed by atoms with Gasteiger partial charge < -0.3 is 15.1 Å². The van der Waals surface area contributed by atoms with E-state index in [1.54, 1.807) is 13.0 Å². The van der Waals surface area contributed by atoms with Crippen LogP contribution in [-0.4, -0.2) is 57.0 Å². The number of nitrogens with one attached hydrogen (secondary N) is 4. The minimum absolute atomic E-state index is 0.0435. The molecule has 2 amide bonds. The first-order chi connectivity index (χ1) is 19.9. The molecule has 6 aromatic rings. The highest BCUT2D eigenvalue weighted by Gasteiger charge is 2.27. The van der Waals surface area contributed by atoms with Crippen LogP contribution in [0.25, 0.3) is 28.3 Å². The van der Waals surface area contributed by atoms with Crippen molar-refractivity contribution in [3.63, 3.8) is 0 Å². The fraction of sp³-hybridized carbons (Fsp3) is 0.192. The van der Waals surface area contributed by atoms with Crippen LogP contribution < -0.4 is 16.3 Å². The molecule has 0 radical (unpaired) electrons. The minimum atomic E-state index is -0.647. The molecule has 4 aromatic heterocycles. The average molecular weight is 552 g/mol. The van der Waals surface area contributed by atoms with Gasteiger partial charge in [-0.3, -0.25) is 9.59 Å². The number of benzene rings is 2. The number of aromatic amines is 2. The van der Waals surface area contributed by atoms with Crippen molar-refractivity contribution in [2.24, 2.45) is 0 Å². The van der Waals surface area contributed by atoms with Gasteiger partial charge in [0.25, 0.3) is 17.6 Å². The first-order valence-electron chi connectivity index (χ1n) is 12.7. The van der Waals surface area contributed by atoms with Crippen molar-refractivity contribution in [2.75, 3.05) is 0 Å². The number of tetrazole rings is 1. The Morgan fingerprint density at radius 1 is 1.10 bits per heavy atom. The van der Waals surface area contributed by atoms with Crippen LogP contribution in [0.15, 0.2) is 51.7 Å². The summed E-state index contributed by atoms with van der Waals surface area (Å²) >= 11 is 0. The van der Waals surface area contributed by atoms with E-state index < -0.39 is 17.5 Å². The second-order valence-corrected chi connectivity index (χ2v) is 9.62. The van der Waals surface area contributed by atoms with Gasteiger partial charge in [-0.15, -0.1) is 15.3 Å². The number of fused-ring (bicyclic) bond motifs is 3. The van der Waals surface area contributed by atoms with Gasteiger partial charge in [0.2, 0.25) is 5.82 Å². The monoisotopic (exact) mass is 551 g/mol. The molecule has 0 unspecified atom stereocenters. The Morgan fingerprint density at radius 2 is 2.00 bits per heavy atom. The molecule has 0 saturated carbocycles. The lowest BCUT2D eigenvalue weighted by molar-refractivity contribution is 0.0931. The Hall–Kier alpha value is -5.73. The highest BCUT2D eigenvalue weighted by molar-refractivity contribution is 5.98. The molecule has 41 heavy (non-hydrogen) atoms. The molecule has 0 fully saturated rings. The summed E-state index contributed by atoms with van der Waals surface area (Å²) < 4.78 is 6.52. The van der Waals surface area contributed by atoms with Gasteiger partial charge >= 0.3 is 5.69 Å². The first kappa shape index (κ1) is 24.3. The summed E-state index contributed by atoms with van der Waals surface area (Å²) in [5.74, 6) is -0.133. The van der Waals surface area contributed by atoms with Gasteiger partial charge in [-0.25, -0.2) is 24.3 Å². The number of aromatic nitrogens is 9. The molecule has 15 heteroatoms. The number of amides is 2. The molecule has 2 aromatic carbocycles. The van der Waals surface area contributed by atoms with Crippen LogP contribution in [0.5, 0.6) is 0 Å². The van der Waals surface area contributed by atoms with Gasteiger partial charge in [0.1, 0.15) is 16.9 Å². The highest BCUT2D eigenvalue weighted by Crippen LogP contribution is 2.33. The molecule has 1 atom stereocenters. The smallest absolute Gasteiger partial charge is 0.349 e.